The van der Waals surface area contributed by atoms with Crippen molar-refractivity contribution >= 4 is 29.0 Å². The van der Waals surface area contributed by atoms with Gasteiger partial charge in [0, 0.05) is 17.0 Å². The number of hydrogen-bond donors (Lipinski definition) is 2. The fourth-order valence-corrected chi connectivity index (χ4v) is 3.42. The summed E-state index contributed by atoms with van der Waals surface area (Å²) < 4.78 is 16.7. The zero-order valence-corrected chi connectivity index (χ0v) is 16.1. The number of hydrogen-bond acceptors (Lipinski definition) is 5. The molecule has 2 amide bonds. The summed E-state index contributed by atoms with van der Waals surface area (Å²) in [6.07, 6.45) is 0. The normalized spacial score (nSPS) is 11.6. The van der Waals surface area contributed by atoms with E-state index in [0.29, 0.717) is 21.6 Å². The molecule has 2 rings (SSSR count). The molecule has 2 aromatic rings. The number of methoxy groups -OCH3 is 3. The van der Waals surface area contributed by atoms with Crippen LogP contribution in [0, 0.1) is 0 Å². The molecule has 0 fully saturated rings. The lowest BCUT2D eigenvalue weighted by molar-refractivity contribution is 0.237. The molecule has 1 unspecified atom stereocenters. The van der Waals surface area contributed by atoms with Crippen LogP contribution in [0.3, 0.4) is 0 Å². The summed E-state index contributed by atoms with van der Waals surface area (Å²) in [6, 6.07) is 6.88. The van der Waals surface area contributed by atoms with Gasteiger partial charge in [-0.1, -0.05) is 11.6 Å². The lowest BCUT2D eigenvalue weighted by atomic mass is 10.1. The Morgan fingerprint density at radius 1 is 1.12 bits per heavy atom. The highest BCUT2D eigenvalue weighted by Crippen LogP contribution is 2.39. The summed E-state index contributed by atoms with van der Waals surface area (Å²) in [4.78, 5) is 13.1. The summed E-state index contributed by atoms with van der Waals surface area (Å²) in [7, 11) is 4.64. The van der Waals surface area contributed by atoms with E-state index in [0.717, 1.165) is 10.4 Å². The van der Waals surface area contributed by atoms with Crippen LogP contribution in [0.2, 0.25) is 4.34 Å². The van der Waals surface area contributed by atoms with Crippen LogP contribution >= 0.6 is 22.9 Å². The number of ether oxygens (including phenoxy) is 3. The third-order valence-electron chi connectivity index (χ3n) is 3.59. The third kappa shape index (κ3) is 4.70. The maximum Gasteiger partial charge on any atom is 0.315 e. The number of carbonyl (C=O) groups is 1. The largest absolute Gasteiger partial charge is 0.493 e. The second-order valence-corrected chi connectivity index (χ2v) is 6.93. The Kier molecular flexibility index (Phi) is 6.78. The molecular weight excluding hydrogens is 364 g/mol. The molecule has 0 aliphatic carbocycles. The lowest BCUT2D eigenvalue weighted by Gasteiger charge is -2.17. The van der Waals surface area contributed by atoms with Gasteiger partial charge in [-0.05, 0) is 31.2 Å². The zero-order chi connectivity index (χ0) is 18.4. The second kappa shape index (κ2) is 8.82. The minimum Gasteiger partial charge on any atom is -0.493 e. The first-order chi connectivity index (χ1) is 12.0. The van der Waals surface area contributed by atoms with Gasteiger partial charge in [-0.25, -0.2) is 4.79 Å². The molecule has 1 atom stereocenters. The fraction of sp³-hybridized carbons (Fsp3) is 0.353. The van der Waals surface area contributed by atoms with Crippen molar-refractivity contribution in [2.45, 2.75) is 19.5 Å². The van der Waals surface area contributed by atoms with Crippen molar-refractivity contribution in [3.05, 3.63) is 39.0 Å². The molecule has 25 heavy (non-hydrogen) atoms. The predicted molar refractivity (Wildman–Crippen MR) is 99.2 cm³/mol. The number of amides is 2. The number of carbonyl (C=O) groups excluding carboxylic acids is 1. The molecule has 1 aromatic carbocycles. The van der Waals surface area contributed by atoms with Gasteiger partial charge in [0.2, 0.25) is 5.75 Å². The van der Waals surface area contributed by atoms with E-state index in [1.54, 1.807) is 20.3 Å². The van der Waals surface area contributed by atoms with E-state index in [1.165, 1.54) is 18.4 Å². The van der Waals surface area contributed by atoms with Gasteiger partial charge in [0.05, 0.1) is 31.7 Å². The van der Waals surface area contributed by atoms with E-state index < -0.39 is 0 Å². The highest BCUT2D eigenvalue weighted by atomic mass is 35.5. The molecule has 2 N–H and O–H groups in total. The first-order valence-corrected chi connectivity index (χ1v) is 8.77. The molecule has 0 bridgehead atoms. The maximum atomic E-state index is 12.1. The molecule has 1 aromatic heterocycles. The minimum absolute atomic E-state index is 0.134. The molecule has 0 saturated heterocycles. The predicted octanol–water partition coefficient (Wildman–Crippen LogP) is 3.99. The summed E-state index contributed by atoms with van der Waals surface area (Å²) in [6.45, 7) is 2.19. The van der Waals surface area contributed by atoms with Crippen molar-refractivity contribution in [3.63, 3.8) is 0 Å². The third-order valence-corrected chi connectivity index (χ3v) is 5.01. The molecule has 0 aliphatic heterocycles. The average molecular weight is 385 g/mol. The van der Waals surface area contributed by atoms with E-state index in [2.05, 4.69) is 10.6 Å². The van der Waals surface area contributed by atoms with Crippen LogP contribution < -0.4 is 24.8 Å². The Bertz CT molecular complexity index is 735. The van der Waals surface area contributed by atoms with Gasteiger partial charge >= 0.3 is 6.03 Å². The number of urea groups is 1. The second-order valence-electron chi connectivity index (χ2n) is 5.18. The van der Waals surface area contributed by atoms with Gasteiger partial charge in [0.1, 0.15) is 0 Å². The Hall–Kier alpha value is -2.12. The van der Waals surface area contributed by atoms with Gasteiger partial charge in [0.25, 0.3) is 0 Å². The maximum absolute atomic E-state index is 12.1. The molecule has 136 valence electrons. The Morgan fingerprint density at radius 2 is 1.84 bits per heavy atom. The summed E-state index contributed by atoms with van der Waals surface area (Å²) in [5, 5.41) is 5.69. The first-order valence-electron chi connectivity index (χ1n) is 7.57. The van der Waals surface area contributed by atoms with Crippen LogP contribution in [-0.4, -0.2) is 27.4 Å². The number of nitrogens with one attached hydrogen (secondary N) is 2. The van der Waals surface area contributed by atoms with Crippen LogP contribution in [0.4, 0.5) is 4.79 Å². The molecule has 0 saturated carbocycles. The first kappa shape index (κ1) is 19.2. The average Bonchev–Trinajstić information content (AvgIpc) is 3.05. The van der Waals surface area contributed by atoms with Crippen LogP contribution in [0.25, 0.3) is 0 Å². The molecule has 8 heteroatoms. The number of halogens is 1. The van der Waals surface area contributed by atoms with Gasteiger partial charge < -0.3 is 24.8 Å². The fourth-order valence-electron chi connectivity index (χ4n) is 2.36. The molecule has 0 radical (unpaired) electrons. The molecule has 0 spiro atoms. The van der Waals surface area contributed by atoms with Crippen molar-refractivity contribution < 1.29 is 19.0 Å². The lowest BCUT2D eigenvalue weighted by Crippen LogP contribution is -2.36. The molecule has 1 heterocycles. The monoisotopic (exact) mass is 384 g/mol. The van der Waals surface area contributed by atoms with Crippen molar-refractivity contribution in [2.75, 3.05) is 21.3 Å². The highest BCUT2D eigenvalue weighted by Gasteiger charge is 2.17. The van der Waals surface area contributed by atoms with E-state index in [4.69, 9.17) is 25.8 Å². The van der Waals surface area contributed by atoms with Crippen molar-refractivity contribution in [2.24, 2.45) is 0 Å². The van der Waals surface area contributed by atoms with E-state index in [-0.39, 0.29) is 18.6 Å². The Morgan fingerprint density at radius 3 is 2.40 bits per heavy atom. The van der Waals surface area contributed by atoms with Crippen LogP contribution in [0.1, 0.15) is 23.4 Å². The van der Waals surface area contributed by atoms with E-state index >= 15 is 0 Å². The topological polar surface area (TPSA) is 68.8 Å². The number of benzene rings is 1. The molecular formula is C17H21ClN2O4S. The van der Waals surface area contributed by atoms with Crippen molar-refractivity contribution in [1.29, 1.82) is 0 Å². The zero-order valence-electron chi connectivity index (χ0n) is 14.5. The van der Waals surface area contributed by atoms with Gasteiger partial charge in [-0.3, -0.25) is 0 Å². The SMILES string of the molecule is COc1ccc(CNC(=O)NC(C)c2ccc(Cl)s2)c(OC)c1OC. The van der Waals surface area contributed by atoms with Crippen LogP contribution in [0.5, 0.6) is 17.2 Å². The molecule has 6 nitrogen and oxygen atoms in total. The summed E-state index contributed by atoms with van der Waals surface area (Å²) >= 11 is 7.36. The van der Waals surface area contributed by atoms with Crippen LogP contribution in [-0.2, 0) is 6.54 Å². The van der Waals surface area contributed by atoms with Gasteiger partial charge in [-0.15, -0.1) is 11.3 Å². The van der Waals surface area contributed by atoms with Crippen molar-refractivity contribution in [3.8, 4) is 17.2 Å². The Labute approximate surface area is 156 Å². The highest BCUT2D eigenvalue weighted by molar-refractivity contribution is 7.16. The summed E-state index contributed by atoms with van der Waals surface area (Å²) in [5.74, 6) is 1.59. The van der Waals surface area contributed by atoms with E-state index in [1.807, 2.05) is 25.1 Å². The smallest absolute Gasteiger partial charge is 0.315 e. The quantitative estimate of drug-likeness (QED) is 0.757. The van der Waals surface area contributed by atoms with Crippen molar-refractivity contribution in [1.82, 2.24) is 10.6 Å². The Balaban J connectivity index is 2.01. The van der Waals surface area contributed by atoms with Gasteiger partial charge in [-0.2, -0.15) is 0 Å². The standard InChI is InChI=1S/C17H21ClN2O4S/c1-10(13-7-8-14(18)25-13)20-17(21)19-9-11-5-6-12(22-2)16(24-4)15(11)23-3/h5-8,10H,9H2,1-4H3,(H2,19,20,21). The van der Waals surface area contributed by atoms with Gasteiger partial charge in [0.15, 0.2) is 11.5 Å². The van der Waals surface area contributed by atoms with Crippen LogP contribution in [0.15, 0.2) is 24.3 Å². The summed E-state index contributed by atoms with van der Waals surface area (Å²) in [5.41, 5.74) is 0.780. The molecule has 0 aliphatic rings. The minimum atomic E-state index is -0.283. The number of thiophene rings is 1. The number of rotatable bonds is 7. The van der Waals surface area contributed by atoms with E-state index in [9.17, 15) is 4.79 Å².